The highest BCUT2D eigenvalue weighted by molar-refractivity contribution is 5.41. The third-order valence-corrected chi connectivity index (χ3v) is 2.72. The first-order chi connectivity index (χ1) is 7.02. The third kappa shape index (κ3) is 3.24. The molecule has 1 rings (SSSR count). The van der Waals surface area contributed by atoms with Gasteiger partial charge in [-0.3, -0.25) is 0 Å². The molecule has 0 bridgehead atoms. The summed E-state index contributed by atoms with van der Waals surface area (Å²) in [5.74, 6) is 1.01. The minimum Gasteiger partial charge on any atom is -0.507 e. The topological polar surface area (TPSA) is 46.2 Å². The number of aryl methyl sites for hydroxylation is 1. The summed E-state index contributed by atoms with van der Waals surface area (Å²) in [5, 5.41) is 9.85. The maximum atomic E-state index is 9.85. The van der Waals surface area contributed by atoms with Gasteiger partial charge in [0.05, 0.1) is 0 Å². The number of hydrogen-bond donors (Lipinski definition) is 2. The molecule has 0 aliphatic rings. The molecular formula is C13H21NO. The van der Waals surface area contributed by atoms with E-state index >= 15 is 0 Å². The van der Waals surface area contributed by atoms with Crippen LogP contribution in [0.15, 0.2) is 18.2 Å². The number of hydrogen-bond acceptors (Lipinski definition) is 2. The molecule has 1 aromatic rings. The Labute approximate surface area is 92.1 Å². The predicted molar refractivity (Wildman–Crippen MR) is 63.8 cm³/mol. The molecule has 0 saturated carbocycles. The Hall–Kier alpha value is -1.02. The van der Waals surface area contributed by atoms with Crippen LogP contribution in [0.2, 0.25) is 0 Å². The Bertz CT molecular complexity index is 320. The van der Waals surface area contributed by atoms with Gasteiger partial charge in [0.15, 0.2) is 0 Å². The van der Waals surface area contributed by atoms with E-state index in [1.807, 2.05) is 25.1 Å². The lowest BCUT2D eigenvalue weighted by molar-refractivity contribution is 0.445. The van der Waals surface area contributed by atoms with Crippen LogP contribution >= 0.6 is 0 Å². The van der Waals surface area contributed by atoms with Crippen molar-refractivity contribution in [3.05, 3.63) is 29.3 Å². The van der Waals surface area contributed by atoms with Crippen molar-refractivity contribution < 1.29 is 5.11 Å². The molecule has 1 aromatic carbocycles. The van der Waals surface area contributed by atoms with E-state index in [1.165, 1.54) is 0 Å². The molecule has 0 aliphatic heterocycles. The molecule has 84 valence electrons. The first-order valence-corrected chi connectivity index (χ1v) is 5.56. The zero-order valence-electron chi connectivity index (χ0n) is 9.83. The second-order valence-electron chi connectivity index (χ2n) is 4.59. The van der Waals surface area contributed by atoms with Crippen LogP contribution in [-0.2, 0) is 0 Å². The van der Waals surface area contributed by atoms with Crippen LogP contribution in [0.4, 0.5) is 0 Å². The van der Waals surface area contributed by atoms with E-state index in [0.29, 0.717) is 11.7 Å². The Kier molecular flexibility index (Phi) is 4.15. The van der Waals surface area contributed by atoms with E-state index in [9.17, 15) is 5.11 Å². The summed E-state index contributed by atoms with van der Waals surface area (Å²) < 4.78 is 0. The number of para-hydroxylation sites is 1. The lowest BCUT2D eigenvalue weighted by Gasteiger charge is -2.15. The Balaban J connectivity index is 2.73. The van der Waals surface area contributed by atoms with Gasteiger partial charge in [-0.1, -0.05) is 32.0 Å². The van der Waals surface area contributed by atoms with E-state index in [4.69, 9.17) is 5.73 Å². The highest BCUT2D eigenvalue weighted by Crippen LogP contribution is 2.29. The van der Waals surface area contributed by atoms with Crippen molar-refractivity contribution in [1.82, 2.24) is 0 Å². The van der Waals surface area contributed by atoms with Crippen molar-refractivity contribution in [1.29, 1.82) is 0 Å². The minimum atomic E-state index is -0.0488. The monoisotopic (exact) mass is 207 g/mol. The SMILES string of the molecule is Cc1cccc([C@@H](N)CCC(C)C)c1O. The lowest BCUT2D eigenvalue weighted by atomic mass is 9.96. The molecule has 0 amide bonds. The van der Waals surface area contributed by atoms with E-state index in [1.54, 1.807) is 0 Å². The van der Waals surface area contributed by atoms with E-state index < -0.39 is 0 Å². The highest BCUT2D eigenvalue weighted by atomic mass is 16.3. The summed E-state index contributed by atoms with van der Waals surface area (Å²) in [6.45, 7) is 6.26. The molecular weight excluding hydrogens is 186 g/mol. The zero-order chi connectivity index (χ0) is 11.4. The van der Waals surface area contributed by atoms with Crippen molar-refractivity contribution in [2.45, 2.75) is 39.7 Å². The molecule has 15 heavy (non-hydrogen) atoms. The van der Waals surface area contributed by atoms with Crippen molar-refractivity contribution >= 4 is 0 Å². The van der Waals surface area contributed by atoms with Crippen LogP contribution in [0.25, 0.3) is 0 Å². The van der Waals surface area contributed by atoms with Gasteiger partial charge < -0.3 is 10.8 Å². The minimum absolute atomic E-state index is 0.0488. The van der Waals surface area contributed by atoms with Crippen LogP contribution in [-0.4, -0.2) is 5.11 Å². The molecule has 0 aliphatic carbocycles. The smallest absolute Gasteiger partial charge is 0.123 e. The molecule has 0 aromatic heterocycles. The summed E-state index contributed by atoms with van der Waals surface area (Å²) in [6, 6.07) is 5.70. The number of aromatic hydroxyl groups is 1. The molecule has 2 heteroatoms. The first-order valence-electron chi connectivity index (χ1n) is 5.56. The maximum absolute atomic E-state index is 9.85. The molecule has 3 N–H and O–H groups in total. The van der Waals surface area contributed by atoms with Crippen LogP contribution in [0, 0.1) is 12.8 Å². The largest absolute Gasteiger partial charge is 0.507 e. The Morgan fingerprint density at radius 3 is 2.53 bits per heavy atom. The van der Waals surface area contributed by atoms with Crippen LogP contribution in [0.5, 0.6) is 5.75 Å². The van der Waals surface area contributed by atoms with Crippen LogP contribution < -0.4 is 5.73 Å². The fourth-order valence-electron chi connectivity index (χ4n) is 1.65. The summed E-state index contributed by atoms with van der Waals surface area (Å²) >= 11 is 0. The van der Waals surface area contributed by atoms with Gasteiger partial charge >= 0.3 is 0 Å². The normalized spacial score (nSPS) is 13.1. The van der Waals surface area contributed by atoms with Crippen LogP contribution in [0.1, 0.15) is 43.9 Å². The summed E-state index contributed by atoms with van der Waals surface area (Å²) in [5.41, 5.74) is 7.82. The van der Waals surface area contributed by atoms with Crippen molar-refractivity contribution in [3.8, 4) is 5.75 Å². The van der Waals surface area contributed by atoms with E-state index in [-0.39, 0.29) is 6.04 Å². The summed E-state index contributed by atoms with van der Waals surface area (Å²) in [4.78, 5) is 0. The van der Waals surface area contributed by atoms with Gasteiger partial charge in [-0.2, -0.15) is 0 Å². The average Bonchev–Trinajstić information content (AvgIpc) is 2.18. The molecule has 0 unspecified atom stereocenters. The third-order valence-electron chi connectivity index (χ3n) is 2.72. The number of nitrogens with two attached hydrogens (primary N) is 1. The molecule has 0 heterocycles. The second kappa shape index (κ2) is 5.17. The molecule has 2 nitrogen and oxygen atoms in total. The average molecular weight is 207 g/mol. The number of phenols is 1. The molecule has 0 radical (unpaired) electrons. The standard InChI is InChI=1S/C13H21NO/c1-9(2)7-8-12(14)11-6-4-5-10(3)13(11)15/h4-6,9,12,15H,7-8,14H2,1-3H3/t12-/m0/s1. The first kappa shape index (κ1) is 12.1. The van der Waals surface area contributed by atoms with Gasteiger partial charge in [0.1, 0.15) is 5.75 Å². The lowest BCUT2D eigenvalue weighted by Crippen LogP contribution is -2.11. The van der Waals surface area contributed by atoms with Crippen LogP contribution in [0.3, 0.4) is 0 Å². The van der Waals surface area contributed by atoms with Gasteiger partial charge in [0.25, 0.3) is 0 Å². The molecule has 0 saturated heterocycles. The van der Waals surface area contributed by atoms with E-state index in [2.05, 4.69) is 13.8 Å². The zero-order valence-corrected chi connectivity index (χ0v) is 9.83. The van der Waals surface area contributed by atoms with Crippen molar-refractivity contribution in [2.24, 2.45) is 11.7 Å². The Morgan fingerprint density at radius 1 is 1.27 bits per heavy atom. The Morgan fingerprint density at radius 2 is 1.93 bits per heavy atom. The number of rotatable bonds is 4. The van der Waals surface area contributed by atoms with Gasteiger partial charge in [-0.25, -0.2) is 0 Å². The number of benzene rings is 1. The summed E-state index contributed by atoms with van der Waals surface area (Å²) in [6.07, 6.45) is 2.02. The van der Waals surface area contributed by atoms with Crippen molar-refractivity contribution in [3.63, 3.8) is 0 Å². The van der Waals surface area contributed by atoms with Crippen molar-refractivity contribution in [2.75, 3.05) is 0 Å². The maximum Gasteiger partial charge on any atom is 0.123 e. The van der Waals surface area contributed by atoms with Gasteiger partial charge in [0, 0.05) is 11.6 Å². The number of phenolic OH excluding ortho intramolecular Hbond substituents is 1. The molecule has 1 atom stereocenters. The van der Waals surface area contributed by atoms with E-state index in [0.717, 1.165) is 24.0 Å². The van der Waals surface area contributed by atoms with Gasteiger partial charge in [-0.05, 0) is 31.2 Å². The molecule has 0 spiro atoms. The fourth-order valence-corrected chi connectivity index (χ4v) is 1.65. The molecule has 0 fully saturated rings. The second-order valence-corrected chi connectivity index (χ2v) is 4.59. The van der Waals surface area contributed by atoms with Gasteiger partial charge in [-0.15, -0.1) is 0 Å². The quantitative estimate of drug-likeness (QED) is 0.796. The van der Waals surface area contributed by atoms with Gasteiger partial charge in [0.2, 0.25) is 0 Å². The highest BCUT2D eigenvalue weighted by Gasteiger charge is 2.12. The predicted octanol–water partition coefficient (Wildman–Crippen LogP) is 3.14. The summed E-state index contributed by atoms with van der Waals surface area (Å²) in [7, 11) is 0. The fraction of sp³-hybridized carbons (Fsp3) is 0.538.